The van der Waals surface area contributed by atoms with E-state index in [1.54, 1.807) is 7.05 Å². The number of hydrogen-bond acceptors (Lipinski definition) is 3. The van der Waals surface area contributed by atoms with E-state index in [-0.39, 0.29) is 4.75 Å². The summed E-state index contributed by atoms with van der Waals surface area (Å²) in [7, 11) is 1.69. The Morgan fingerprint density at radius 1 is 1.57 bits per heavy atom. The largest absolute Gasteiger partial charge is 0.381 e. The van der Waals surface area contributed by atoms with Gasteiger partial charge < -0.3 is 15.8 Å². The fourth-order valence-electron chi connectivity index (χ4n) is 1.53. The van der Waals surface area contributed by atoms with Gasteiger partial charge in [-0.2, -0.15) is 11.8 Å². The van der Waals surface area contributed by atoms with Crippen LogP contribution in [0.25, 0.3) is 0 Å². The molecule has 0 radical (unpaired) electrons. The van der Waals surface area contributed by atoms with Gasteiger partial charge in [0.1, 0.15) is 0 Å². The molecule has 0 atom stereocenters. The summed E-state index contributed by atoms with van der Waals surface area (Å²) in [6, 6.07) is 0. The summed E-state index contributed by atoms with van der Waals surface area (Å²) < 4.78 is 5.63. The van der Waals surface area contributed by atoms with Crippen LogP contribution in [0.3, 0.4) is 0 Å². The standard InChI is InChI=1S/C9H19N3OS/c1-11-8(10)12-7-9(14-2)3-5-13-6-4-9/h3-7H2,1-2H3,(H3,10,11,12). The maximum atomic E-state index is 5.60. The molecule has 0 aromatic heterocycles. The average Bonchev–Trinajstić information content (AvgIpc) is 2.27. The molecule has 0 aliphatic carbocycles. The van der Waals surface area contributed by atoms with Gasteiger partial charge in [-0.15, -0.1) is 0 Å². The zero-order valence-electron chi connectivity index (χ0n) is 8.88. The number of nitrogens with zero attached hydrogens (tertiary/aromatic N) is 1. The highest BCUT2D eigenvalue weighted by Gasteiger charge is 2.31. The maximum absolute atomic E-state index is 5.60. The molecule has 0 amide bonds. The van der Waals surface area contributed by atoms with Crippen molar-refractivity contribution < 1.29 is 4.74 Å². The summed E-state index contributed by atoms with van der Waals surface area (Å²) in [5.41, 5.74) is 5.60. The van der Waals surface area contributed by atoms with Crippen molar-refractivity contribution in [2.24, 2.45) is 10.7 Å². The van der Waals surface area contributed by atoms with Crippen molar-refractivity contribution in [3.8, 4) is 0 Å². The molecule has 1 heterocycles. The maximum Gasteiger partial charge on any atom is 0.188 e. The van der Waals surface area contributed by atoms with Crippen molar-refractivity contribution in [3.63, 3.8) is 0 Å². The highest BCUT2D eigenvalue weighted by Crippen LogP contribution is 2.32. The summed E-state index contributed by atoms with van der Waals surface area (Å²) in [4.78, 5) is 3.88. The topological polar surface area (TPSA) is 59.6 Å². The van der Waals surface area contributed by atoms with Crippen LogP contribution in [0.4, 0.5) is 0 Å². The predicted octanol–water partition coefficient (Wildman–Crippen LogP) is 0.433. The second-order valence-corrected chi connectivity index (χ2v) is 4.74. The minimum absolute atomic E-state index is 0.271. The van der Waals surface area contributed by atoms with Crippen molar-refractivity contribution in [1.82, 2.24) is 5.32 Å². The Morgan fingerprint density at radius 2 is 2.21 bits per heavy atom. The van der Waals surface area contributed by atoms with Crippen LogP contribution in [-0.4, -0.2) is 43.8 Å². The predicted molar refractivity (Wildman–Crippen MR) is 61.8 cm³/mol. The van der Waals surface area contributed by atoms with Gasteiger partial charge in [0.15, 0.2) is 5.96 Å². The first-order valence-corrected chi connectivity index (χ1v) is 6.04. The molecule has 1 fully saturated rings. The number of aliphatic imine (C=N–C) groups is 1. The Balaban J connectivity index is 2.44. The first-order valence-electron chi connectivity index (χ1n) is 4.81. The molecule has 82 valence electrons. The third-order valence-electron chi connectivity index (χ3n) is 2.67. The van der Waals surface area contributed by atoms with Crippen molar-refractivity contribution in [2.45, 2.75) is 17.6 Å². The third-order valence-corrected chi connectivity index (χ3v) is 4.09. The third kappa shape index (κ3) is 3.06. The quantitative estimate of drug-likeness (QED) is 0.532. The minimum Gasteiger partial charge on any atom is -0.381 e. The van der Waals surface area contributed by atoms with E-state index in [9.17, 15) is 0 Å². The van der Waals surface area contributed by atoms with Gasteiger partial charge in [0.25, 0.3) is 0 Å². The number of hydrogen-bond donors (Lipinski definition) is 2. The lowest BCUT2D eigenvalue weighted by Gasteiger charge is -2.35. The smallest absolute Gasteiger partial charge is 0.188 e. The van der Waals surface area contributed by atoms with E-state index in [4.69, 9.17) is 10.5 Å². The van der Waals surface area contributed by atoms with Gasteiger partial charge in [-0.3, -0.25) is 4.99 Å². The molecule has 5 heteroatoms. The Bertz CT molecular complexity index is 202. The van der Waals surface area contributed by atoms with Crippen LogP contribution in [0.15, 0.2) is 4.99 Å². The summed E-state index contributed by atoms with van der Waals surface area (Å²) in [5.74, 6) is 0.518. The lowest BCUT2D eigenvalue weighted by atomic mass is 9.99. The zero-order chi connectivity index (χ0) is 10.4. The normalized spacial score (nSPS) is 22.0. The van der Waals surface area contributed by atoms with Gasteiger partial charge in [-0.25, -0.2) is 0 Å². The zero-order valence-corrected chi connectivity index (χ0v) is 9.69. The van der Waals surface area contributed by atoms with Crippen molar-refractivity contribution >= 4 is 17.7 Å². The highest BCUT2D eigenvalue weighted by atomic mass is 32.2. The summed E-state index contributed by atoms with van der Waals surface area (Å²) in [5, 5.41) is 3.15. The molecule has 0 spiro atoms. The molecule has 4 nitrogen and oxygen atoms in total. The molecule has 1 rings (SSSR count). The monoisotopic (exact) mass is 217 g/mol. The van der Waals surface area contributed by atoms with Crippen molar-refractivity contribution in [1.29, 1.82) is 0 Å². The van der Waals surface area contributed by atoms with E-state index in [0.29, 0.717) is 5.96 Å². The lowest BCUT2D eigenvalue weighted by Crippen LogP contribution is -2.46. The van der Waals surface area contributed by atoms with Crippen LogP contribution >= 0.6 is 11.8 Å². The fraction of sp³-hybridized carbons (Fsp3) is 0.889. The molecule has 0 saturated carbocycles. The first-order chi connectivity index (χ1) is 6.72. The number of guanidine groups is 1. The molecule has 0 unspecified atom stereocenters. The van der Waals surface area contributed by atoms with E-state index in [1.165, 1.54) is 0 Å². The summed E-state index contributed by atoms with van der Waals surface area (Å²) in [6.07, 6.45) is 4.31. The average molecular weight is 217 g/mol. The second kappa shape index (κ2) is 5.46. The van der Waals surface area contributed by atoms with Gasteiger partial charge in [0.2, 0.25) is 0 Å². The lowest BCUT2D eigenvalue weighted by molar-refractivity contribution is 0.0783. The number of thioether (sulfide) groups is 1. The molecular formula is C9H19N3OS. The van der Waals surface area contributed by atoms with E-state index >= 15 is 0 Å². The number of nitrogens with one attached hydrogen (secondary N) is 1. The van der Waals surface area contributed by atoms with Crippen LogP contribution < -0.4 is 11.1 Å². The number of ether oxygens (including phenoxy) is 1. The first kappa shape index (κ1) is 11.7. The van der Waals surface area contributed by atoms with E-state index in [2.05, 4.69) is 16.6 Å². The van der Waals surface area contributed by atoms with Crippen LogP contribution in [-0.2, 0) is 4.74 Å². The van der Waals surface area contributed by atoms with Gasteiger partial charge >= 0.3 is 0 Å². The van der Waals surface area contributed by atoms with Crippen molar-refractivity contribution in [2.75, 3.05) is 33.1 Å². The SMILES string of the molecule is CN=C(N)NCC1(SC)CCOCC1. The van der Waals surface area contributed by atoms with Gasteiger partial charge in [0.05, 0.1) is 0 Å². The Labute approximate surface area is 89.7 Å². The summed E-state index contributed by atoms with van der Waals surface area (Å²) in [6.45, 7) is 2.58. The van der Waals surface area contributed by atoms with E-state index in [0.717, 1.165) is 32.6 Å². The van der Waals surface area contributed by atoms with Crippen LogP contribution in [0, 0.1) is 0 Å². The molecule has 0 aromatic carbocycles. The molecule has 1 saturated heterocycles. The van der Waals surface area contributed by atoms with E-state index in [1.807, 2.05) is 11.8 Å². The molecule has 1 aliphatic heterocycles. The van der Waals surface area contributed by atoms with Crippen LogP contribution in [0.5, 0.6) is 0 Å². The molecule has 14 heavy (non-hydrogen) atoms. The highest BCUT2D eigenvalue weighted by molar-refractivity contribution is 8.00. The molecule has 0 bridgehead atoms. The van der Waals surface area contributed by atoms with Crippen LogP contribution in [0.1, 0.15) is 12.8 Å². The molecular weight excluding hydrogens is 198 g/mol. The Morgan fingerprint density at radius 3 is 2.71 bits per heavy atom. The molecule has 0 aromatic rings. The second-order valence-electron chi connectivity index (χ2n) is 3.46. The fourth-order valence-corrected chi connectivity index (χ4v) is 2.32. The van der Waals surface area contributed by atoms with Gasteiger partial charge in [-0.1, -0.05) is 0 Å². The van der Waals surface area contributed by atoms with Crippen LogP contribution in [0.2, 0.25) is 0 Å². The van der Waals surface area contributed by atoms with E-state index < -0.39 is 0 Å². The molecule has 1 aliphatic rings. The number of nitrogens with two attached hydrogens (primary N) is 1. The van der Waals surface area contributed by atoms with Gasteiger partial charge in [-0.05, 0) is 19.1 Å². The Kier molecular flexibility index (Phi) is 4.54. The Hall–Kier alpha value is -0.420. The minimum atomic E-state index is 0.271. The molecule has 3 N–H and O–H groups in total. The van der Waals surface area contributed by atoms with Crippen molar-refractivity contribution in [3.05, 3.63) is 0 Å². The summed E-state index contributed by atoms with van der Waals surface area (Å²) >= 11 is 1.89. The van der Waals surface area contributed by atoms with Gasteiger partial charge in [0, 0.05) is 31.6 Å². The number of rotatable bonds is 3.